The first-order valence-corrected chi connectivity index (χ1v) is 17.2. The first-order valence-electron chi connectivity index (χ1n) is 15.8. The number of rotatable bonds is 6. The van der Waals surface area contributed by atoms with Gasteiger partial charge in [-0.25, -0.2) is 8.42 Å². The van der Waals surface area contributed by atoms with Crippen LogP contribution in [0.1, 0.15) is 90.2 Å². The summed E-state index contributed by atoms with van der Waals surface area (Å²) in [6.07, 6.45) is 2.47. The first-order chi connectivity index (χ1) is 20.5. The average molecular weight is 628 g/mol. The number of esters is 3. The Labute approximate surface area is 257 Å². The van der Waals surface area contributed by atoms with E-state index in [0.717, 1.165) is 12.8 Å². The highest BCUT2D eigenvalue weighted by molar-refractivity contribution is 7.85. The predicted molar refractivity (Wildman–Crippen MR) is 152 cm³/mol. The van der Waals surface area contributed by atoms with E-state index in [2.05, 4.69) is 0 Å². The summed E-state index contributed by atoms with van der Waals surface area (Å²) in [5, 5.41) is 0. The third-order valence-corrected chi connectivity index (χ3v) is 12.3. The monoisotopic (exact) mass is 627 g/mol. The zero-order valence-electron chi connectivity index (χ0n) is 25.7. The lowest BCUT2D eigenvalue weighted by atomic mass is 9.49. The van der Waals surface area contributed by atoms with Gasteiger partial charge >= 0.3 is 17.9 Å². The number of hydrogen-bond donors (Lipinski definition) is 0. The number of carbonyl (C=O) groups excluding carboxylic acids is 4. The van der Waals surface area contributed by atoms with Crippen LogP contribution >= 0.6 is 0 Å². The Morgan fingerprint density at radius 3 is 2.27 bits per heavy atom. The van der Waals surface area contributed by atoms with E-state index in [-0.39, 0.29) is 41.2 Å². The summed E-state index contributed by atoms with van der Waals surface area (Å²) in [5.41, 5.74) is -0.610. The molecule has 11 heteroatoms. The van der Waals surface area contributed by atoms with Crippen LogP contribution in [0.15, 0.2) is 17.0 Å². The molecule has 0 N–H and O–H groups in total. The first kappa shape index (κ1) is 29.9. The van der Waals surface area contributed by atoms with Crippen LogP contribution in [0.5, 0.6) is 5.75 Å². The van der Waals surface area contributed by atoms with E-state index in [9.17, 15) is 32.1 Å². The third-order valence-electron chi connectivity index (χ3n) is 11.5. The zero-order chi connectivity index (χ0) is 31.7. The molecule has 0 spiro atoms. The van der Waals surface area contributed by atoms with Crippen molar-refractivity contribution in [2.75, 3.05) is 0 Å². The van der Waals surface area contributed by atoms with E-state index in [0.29, 0.717) is 42.7 Å². The van der Waals surface area contributed by atoms with Gasteiger partial charge in [0.1, 0.15) is 33.9 Å². The van der Waals surface area contributed by atoms with Gasteiger partial charge in [-0.1, -0.05) is 34.6 Å². The van der Waals surface area contributed by atoms with Gasteiger partial charge in [-0.3, -0.25) is 19.2 Å². The standard InChI is InChI=1S/C33H40O10S/c1-14(2)19-8-18(44(38,39)40)9-22(32(3,4)5)26(19)41-29(35)24-21-10-20-23(24)30(36)42-27(20)28(21)43-31(37)33-11-15-6-16(12-33)25(34)17(7-15)13-33/h8-9,14-17,20-21,23-24,27-28H,6-7,10-13H2,1-5H3,(H,38,39,40)/p-1. The van der Waals surface area contributed by atoms with Gasteiger partial charge in [0.25, 0.3) is 0 Å². The molecule has 0 amide bonds. The van der Waals surface area contributed by atoms with Crippen LogP contribution in [0.2, 0.25) is 0 Å². The smallest absolute Gasteiger partial charge is 0.315 e. The fourth-order valence-electron chi connectivity index (χ4n) is 9.75. The summed E-state index contributed by atoms with van der Waals surface area (Å²) in [6, 6.07) is 2.52. The summed E-state index contributed by atoms with van der Waals surface area (Å²) in [4.78, 5) is 53.4. The minimum absolute atomic E-state index is 0.0969. The van der Waals surface area contributed by atoms with Crippen molar-refractivity contribution >= 4 is 33.8 Å². The quantitative estimate of drug-likeness (QED) is 0.257. The molecule has 1 saturated heterocycles. The number of carbonyl (C=O) groups is 4. The molecule has 8 atom stereocenters. The van der Waals surface area contributed by atoms with Crippen LogP contribution in [0.4, 0.5) is 0 Å². The van der Waals surface area contributed by atoms with E-state index >= 15 is 0 Å². The van der Waals surface area contributed by atoms with Crippen molar-refractivity contribution in [2.45, 2.75) is 102 Å². The van der Waals surface area contributed by atoms with E-state index in [1.54, 1.807) is 0 Å². The van der Waals surface area contributed by atoms with Gasteiger partial charge in [-0.2, -0.15) is 0 Å². The van der Waals surface area contributed by atoms with Crippen molar-refractivity contribution in [3.05, 3.63) is 23.3 Å². The van der Waals surface area contributed by atoms with Crippen LogP contribution in [-0.2, 0) is 44.2 Å². The van der Waals surface area contributed by atoms with E-state index < -0.39 is 67.7 Å². The molecule has 1 aromatic carbocycles. The van der Waals surface area contributed by atoms with Crippen molar-refractivity contribution in [1.29, 1.82) is 0 Å². The van der Waals surface area contributed by atoms with E-state index in [1.807, 2.05) is 34.6 Å². The normalized spacial score (nSPS) is 38.4. The van der Waals surface area contributed by atoms with Gasteiger partial charge in [0.15, 0.2) is 0 Å². The van der Waals surface area contributed by atoms with Crippen molar-refractivity contribution in [3.63, 3.8) is 0 Å². The van der Waals surface area contributed by atoms with Gasteiger partial charge in [-0.15, -0.1) is 0 Å². The molecule has 6 bridgehead atoms. The Morgan fingerprint density at radius 1 is 1.02 bits per heavy atom. The molecule has 1 aromatic rings. The maximum Gasteiger partial charge on any atom is 0.315 e. The number of ether oxygens (including phenoxy) is 3. The van der Waals surface area contributed by atoms with Crippen molar-refractivity contribution in [2.24, 2.45) is 46.8 Å². The number of ketones is 1. The largest absolute Gasteiger partial charge is 0.744 e. The fraction of sp³-hybridized carbons (Fsp3) is 0.697. The highest BCUT2D eigenvalue weighted by Gasteiger charge is 2.71. The molecule has 7 aliphatic rings. The molecule has 8 unspecified atom stereocenters. The fourth-order valence-corrected chi connectivity index (χ4v) is 10.3. The van der Waals surface area contributed by atoms with Gasteiger partial charge in [0.05, 0.1) is 22.1 Å². The van der Waals surface area contributed by atoms with Gasteiger partial charge in [-0.05, 0) is 73.5 Å². The molecule has 8 rings (SSSR count). The molecule has 0 radical (unpaired) electrons. The minimum Gasteiger partial charge on any atom is -0.744 e. The Bertz CT molecular complexity index is 1570. The van der Waals surface area contributed by atoms with Crippen molar-refractivity contribution in [1.82, 2.24) is 0 Å². The summed E-state index contributed by atoms with van der Waals surface area (Å²) in [7, 11) is -4.78. The molecule has 0 aromatic heterocycles. The Hall–Kier alpha value is -2.79. The maximum atomic E-state index is 14.1. The van der Waals surface area contributed by atoms with Gasteiger partial charge in [0, 0.05) is 29.2 Å². The lowest BCUT2D eigenvalue weighted by Crippen LogP contribution is -2.56. The van der Waals surface area contributed by atoms with Crippen molar-refractivity contribution < 1.29 is 46.4 Å². The Balaban J connectivity index is 1.19. The molecule has 44 heavy (non-hydrogen) atoms. The second kappa shape index (κ2) is 9.61. The molecule has 1 heterocycles. The lowest BCUT2D eigenvalue weighted by molar-refractivity contribution is -0.188. The topological polar surface area (TPSA) is 153 Å². The zero-order valence-corrected chi connectivity index (χ0v) is 26.5. The SMILES string of the molecule is CC(C)c1cc(S(=O)(=O)[O-])cc(C(C)(C)C)c1OC(=O)C1C2CC3C(OC(=O)C31)C2OC(=O)C12CC3CC(C1)C(=O)C(C3)C2. The Kier molecular flexibility index (Phi) is 6.53. The maximum absolute atomic E-state index is 14.1. The number of hydrogen-bond acceptors (Lipinski definition) is 10. The van der Waals surface area contributed by atoms with Crippen LogP contribution in [-0.4, -0.2) is 48.9 Å². The Morgan fingerprint density at radius 2 is 1.68 bits per heavy atom. The molecular formula is C33H39O10S-. The molecule has 1 aliphatic heterocycles. The molecule has 7 fully saturated rings. The van der Waals surface area contributed by atoms with Crippen LogP contribution in [0.3, 0.4) is 0 Å². The second-order valence-electron chi connectivity index (χ2n) is 15.6. The summed E-state index contributed by atoms with van der Waals surface area (Å²) in [5.74, 6) is -3.58. The second-order valence-corrected chi connectivity index (χ2v) is 17.0. The summed E-state index contributed by atoms with van der Waals surface area (Å²) >= 11 is 0. The molecule has 10 nitrogen and oxygen atoms in total. The van der Waals surface area contributed by atoms with Crippen LogP contribution in [0.25, 0.3) is 0 Å². The number of benzene rings is 1. The van der Waals surface area contributed by atoms with E-state index in [1.165, 1.54) is 12.1 Å². The van der Waals surface area contributed by atoms with Gasteiger partial charge in [0.2, 0.25) is 0 Å². The van der Waals surface area contributed by atoms with Crippen LogP contribution < -0.4 is 4.74 Å². The number of Topliss-reactive ketones (excluding diaryl/α,β-unsaturated/α-hetero) is 1. The number of fused-ring (bicyclic) bond motifs is 1. The minimum atomic E-state index is -4.78. The molecule has 6 aliphatic carbocycles. The average Bonchev–Trinajstić information content (AvgIpc) is 3.53. The highest BCUT2D eigenvalue weighted by Crippen LogP contribution is 2.62. The highest BCUT2D eigenvalue weighted by atomic mass is 32.2. The molecule has 6 saturated carbocycles. The van der Waals surface area contributed by atoms with Gasteiger partial charge < -0.3 is 18.8 Å². The molecular weight excluding hydrogens is 588 g/mol. The van der Waals surface area contributed by atoms with Crippen LogP contribution in [0, 0.1) is 46.8 Å². The lowest BCUT2D eigenvalue weighted by Gasteiger charge is -2.54. The summed E-state index contributed by atoms with van der Waals surface area (Å²) in [6.45, 7) is 9.10. The third kappa shape index (κ3) is 4.39. The predicted octanol–water partition coefficient (Wildman–Crippen LogP) is 4.03. The summed E-state index contributed by atoms with van der Waals surface area (Å²) < 4.78 is 54.1. The van der Waals surface area contributed by atoms with Crippen molar-refractivity contribution in [3.8, 4) is 5.75 Å². The van der Waals surface area contributed by atoms with E-state index in [4.69, 9.17) is 14.2 Å². The molecule has 238 valence electrons.